The molecule has 1 unspecified atom stereocenters. The second-order valence-electron chi connectivity index (χ2n) is 9.34. The van der Waals surface area contributed by atoms with Crippen molar-refractivity contribution in [3.8, 4) is 11.8 Å². The van der Waals surface area contributed by atoms with Crippen molar-refractivity contribution in [2.75, 3.05) is 13.6 Å². The summed E-state index contributed by atoms with van der Waals surface area (Å²) in [5, 5.41) is 5.27. The van der Waals surface area contributed by atoms with Gasteiger partial charge in [-0.3, -0.25) is 13.9 Å². The quantitative estimate of drug-likeness (QED) is 0.306. The van der Waals surface area contributed by atoms with Crippen molar-refractivity contribution in [1.29, 1.82) is 0 Å². The minimum absolute atomic E-state index is 0.148. The number of carbonyl (C=O) groups excluding carboxylic acids is 3. The number of carbonyl (C=O) groups is 3. The van der Waals surface area contributed by atoms with Gasteiger partial charge in [0.05, 0.1) is 22.6 Å². The van der Waals surface area contributed by atoms with Crippen LogP contribution < -0.4 is 16.3 Å². The van der Waals surface area contributed by atoms with Crippen LogP contribution in [-0.2, 0) is 21.4 Å². The molecule has 1 aromatic carbocycles. The molecule has 0 aliphatic carbocycles. The first-order valence-corrected chi connectivity index (χ1v) is 11.9. The Morgan fingerprint density at radius 1 is 1.20 bits per heavy atom. The van der Waals surface area contributed by atoms with Crippen LogP contribution in [-0.4, -0.2) is 46.6 Å². The number of hydrogen-bond donors (Lipinski definition) is 2. The molecule has 1 aromatic heterocycles. The third kappa shape index (κ3) is 8.02. The van der Waals surface area contributed by atoms with Crippen molar-refractivity contribution < 1.29 is 19.1 Å². The lowest BCUT2D eigenvalue weighted by molar-refractivity contribution is -0.121. The van der Waals surface area contributed by atoms with Crippen molar-refractivity contribution in [2.24, 2.45) is 7.05 Å². The Morgan fingerprint density at radius 2 is 1.94 bits per heavy atom. The molecule has 0 saturated heterocycles. The Bertz CT molecular complexity index is 1160. The van der Waals surface area contributed by atoms with Gasteiger partial charge in [0, 0.05) is 33.5 Å². The maximum atomic E-state index is 12.9. The number of ether oxygens (including phenoxy) is 1. The predicted octanol–water partition coefficient (Wildman–Crippen LogP) is 3.04. The van der Waals surface area contributed by atoms with Gasteiger partial charge in [0.1, 0.15) is 11.9 Å². The normalized spacial score (nSPS) is 11.9. The monoisotopic (exact) mass is 484 g/mol. The molecule has 1 atom stereocenters. The molecular weight excluding hydrogens is 448 g/mol. The topological polar surface area (TPSA) is 111 Å². The summed E-state index contributed by atoms with van der Waals surface area (Å²) in [5.74, 6) is 6.13. The number of fused-ring (bicyclic) bond motifs is 1. The number of rotatable bonds is 10. The Balaban J connectivity index is 2.01. The fourth-order valence-corrected chi connectivity index (χ4v) is 3.70. The van der Waals surface area contributed by atoms with E-state index in [2.05, 4.69) is 22.5 Å². The van der Waals surface area contributed by atoms with Crippen molar-refractivity contribution in [3.05, 3.63) is 34.2 Å². The molecule has 35 heavy (non-hydrogen) atoms. The van der Waals surface area contributed by atoms with Gasteiger partial charge in [0.15, 0.2) is 0 Å². The van der Waals surface area contributed by atoms with Gasteiger partial charge in [-0.05, 0) is 52.2 Å². The average Bonchev–Trinajstić information content (AvgIpc) is 3.05. The van der Waals surface area contributed by atoms with Crippen LogP contribution in [0.25, 0.3) is 11.0 Å². The fourth-order valence-electron chi connectivity index (χ4n) is 3.70. The number of unbranched alkanes of at least 4 members (excludes halogenated alkanes) is 3. The predicted molar refractivity (Wildman–Crippen MR) is 135 cm³/mol. The van der Waals surface area contributed by atoms with Gasteiger partial charge in [0.2, 0.25) is 5.91 Å². The van der Waals surface area contributed by atoms with Crippen LogP contribution in [0, 0.1) is 11.8 Å². The maximum Gasteiger partial charge on any atom is 0.407 e. The second-order valence-corrected chi connectivity index (χ2v) is 9.34. The molecule has 0 aliphatic heterocycles. The number of aromatic nitrogens is 2. The first-order valence-electron chi connectivity index (χ1n) is 11.9. The van der Waals surface area contributed by atoms with E-state index in [9.17, 15) is 19.2 Å². The highest BCUT2D eigenvalue weighted by Gasteiger charge is 2.21. The van der Waals surface area contributed by atoms with Crippen molar-refractivity contribution in [3.63, 3.8) is 0 Å². The zero-order valence-corrected chi connectivity index (χ0v) is 21.3. The van der Waals surface area contributed by atoms with E-state index >= 15 is 0 Å². The van der Waals surface area contributed by atoms with Gasteiger partial charge in [-0.2, -0.15) is 0 Å². The number of para-hydroxylation sites is 1. The van der Waals surface area contributed by atoms with Gasteiger partial charge >= 0.3 is 11.8 Å². The van der Waals surface area contributed by atoms with Crippen LogP contribution in [0.3, 0.4) is 0 Å². The first kappa shape index (κ1) is 27.7. The van der Waals surface area contributed by atoms with Gasteiger partial charge in [-0.15, -0.1) is 0 Å². The van der Waals surface area contributed by atoms with E-state index in [1.54, 1.807) is 13.1 Å². The van der Waals surface area contributed by atoms with Crippen LogP contribution in [0.2, 0.25) is 0 Å². The van der Waals surface area contributed by atoms with Crippen molar-refractivity contribution in [1.82, 2.24) is 19.8 Å². The summed E-state index contributed by atoms with van der Waals surface area (Å²) in [7, 11) is 3.19. The summed E-state index contributed by atoms with van der Waals surface area (Å²) in [4.78, 5) is 47.9. The Kier molecular flexibility index (Phi) is 10.1. The molecule has 2 aromatic rings. The number of benzene rings is 1. The summed E-state index contributed by atoms with van der Waals surface area (Å²) in [6, 6.07) is 4.71. The van der Waals surface area contributed by atoms with E-state index in [1.807, 2.05) is 32.9 Å². The Morgan fingerprint density at radius 3 is 2.60 bits per heavy atom. The molecule has 0 radical (unpaired) electrons. The summed E-state index contributed by atoms with van der Waals surface area (Å²) < 4.78 is 8.14. The van der Waals surface area contributed by atoms with Crippen molar-refractivity contribution in [2.45, 2.75) is 70.9 Å². The molecular formula is C26H36N4O5. The Labute approximate surface area is 206 Å². The molecule has 9 nitrogen and oxygen atoms in total. The molecule has 1 heterocycles. The van der Waals surface area contributed by atoms with Gasteiger partial charge in [0.25, 0.3) is 0 Å². The number of amides is 2. The number of imidazole rings is 1. The van der Waals surface area contributed by atoms with Crippen LogP contribution in [0.15, 0.2) is 23.0 Å². The fraction of sp³-hybridized carbons (Fsp3) is 0.538. The highest BCUT2D eigenvalue weighted by atomic mass is 16.6. The lowest BCUT2D eigenvalue weighted by Gasteiger charge is -2.19. The number of aldehydes is 1. The van der Waals surface area contributed by atoms with Crippen LogP contribution in [0.1, 0.15) is 70.9 Å². The maximum absolute atomic E-state index is 12.9. The van der Waals surface area contributed by atoms with Crippen LogP contribution >= 0.6 is 0 Å². The number of nitrogens with zero attached hydrogens (tertiary/aromatic N) is 2. The van der Waals surface area contributed by atoms with Gasteiger partial charge in [-0.1, -0.05) is 24.3 Å². The van der Waals surface area contributed by atoms with E-state index < -0.39 is 17.7 Å². The highest BCUT2D eigenvalue weighted by Crippen LogP contribution is 2.22. The van der Waals surface area contributed by atoms with Gasteiger partial charge in [-0.25, -0.2) is 9.59 Å². The third-order valence-corrected chi connectivity index (χ3v) is 5.41. The minimum Gasteiger partial charge on any atom is -0.444 e. The number of alkyl carbamates (subject to hydrolysis) is 1. The van der Waals surface area contributed by atoms with Crippen molar-refractivity contribution >= 4 is 29.3 Å². The average molecular weight is 485 g/mol. The summed E-state index contributed by atoms with van der Waals surface area (Å²) >= 11 is 0. The zero-order chi connectivity index (χ0) is 26.0. The number of aryl methyl sites for hydroxylation is 1. The van der Waals surface area contributed by atoms with Crippen LogP contribution in [0.5, 0.6) is 0 Å². The summed E-state index contributed by atoms with van der Waals surface area (Å²) in [6.07, 6.45) is 3.99. The smallest absolute Gasteiger partial charge is 0.407 e. The number of nitrogens with one attached hydrogen (secondary N) is 2. The molecule has 0 saturated carbocycles. The zero-order valence-electron chi connectivity index (χ0n) is 21.3. The largest absolute Gasteiger partial charge is 0.444 e. The summed E-state index contributed by atoms with van der Waals surface area (Å²) in [5.41, 5.74) is 1.17. The van der Waals surface area contributed by atoms with E-state index in [4.69, 9.17) is 4.74 Å². The molecule has 190 valence electrons. The molecule has 0 bridgehead atoms. The van der Waals surface area contributed by atoms with Crippen LogP contribution in [0.4, 0.5) is 4.79 Å². The molecule has 2 N–H and O–H groups in total. The lowest BCUT2D eigenvalue weighted by Crippen LogP contribution is -2.32. The Hall–Kier alpha value is -3.54. The molecule has 2 rings (SSSR count). The third-order valence-electron chi connectivity index (χ3n) is 5.41. The van der Waals surface area contributed by atoms with E-state index in [1.165, 1.54) is 16.2 Å². The lowest BCUT2D eigenvalue weighted by atomic mass is 10.1. The van der Waals surface area contributed by atoms with E-state index in [-0.39, 0.29) is 24.4 Å². The SMILES string of the molecule is CNC(=O)CCC(C=O)n1c(=O)n(C)c2c(C#CCCCCCNC(=O)OC(C)(C)C)cccc21. The summed E-state index contributed by atoms with van der Waals surface area (Å²) in [6.45, 7) is 6.03. The number of hydrogen-bond acceptors (Lipinski definition) is 5. The second kappa shape index (κ2) is 12.8. The molecule has 0 fully saturated rings. The first-order chi connectivity index (χ1) is 16.6. The standard InChI is InChI=1S/C26H36N4O5/c1-26(2,3)35-24(33)28-17-10-8-6-7-9-12-19-13-11-14-21-23(19)29(5)25(34)30(21)20(18-31)15-16-22(32)27-4/h11,13-14,18,20H,6-8,10,15-17H2,1-5H3,(H,27,32)(H,28,33). The molecule has 0 spiro atoms. The van der Waals surface area contributed by atoms with E-state index in [0.29, 0.717) is 35.8 Å². The molecule has 9 heteroatoms. The van der Waals surface area contributed by atoms with Gasteiger partial charge < -0.3 is 20.2 Å². The highest BCUT2D eigenvalue weighted by molar-refractivity contribution is 5.84. The van der Waals surface area contributed by atoms with E-state index in [0.717, 1.165) is 19.3 Å². The molecule has 2 amide bonds. The molecule has 0 aliphatic rings. The minimum atomic E-state index is -0.735.